The predicted molar refractivity (Wildman–Crippen MR) is 126 cm³/mol. The number of pyridine rings is 1. The Morgan fingerprint density at radius 1 is 1.15 bits per heavy atom. The molecule has 33 heavy (non-hydrogen) atoms. The average Bonchev–Trinajstić information content (AvgIpc) is 3.42. The number of aryl methyl sites for hydroxylation is 1. The third-order valence-corrected chi connectivity index (χ3v) is 8.19. The molecule has 1 aromatic carbocycles. The molecule has 2 atom stereocenters. The molecule has 0 aliphatic carbocycles. The molecular formula is C23H22F2N4O2S2. The maximum absolute atomic E-state index is 13.4. The van der Waals surface area contributed by atoms with E-state index in [4.69, 9.17) is 4.52 Å². The second kappa shape index (κ2) is 8.75. The number of thiazole rings is 1. The van der Waals surface area contributed by atoms with E-state index in [0.29, 0.717) is 27.8 Å². The van der Waals surface area contributed by atoms with Gasteiger partial charge in [-0.05, 0) is 25.5 Å². The van der Waals surface area contributed by atoms with E-state index in [1.807, 2.05) is 31.2 Å². The lowest BCUT2D eigenvalue weighted by molar-refractivity contribution is 0.0127. The van der Waals surface area contributed by atoms with Crippen LogP contribution in [0.1, 0.15) is 35.9 Å². The highest BCUT2D eigenvalue weighted by Gasteiger charge is 2.26. The standard InChI is InChI=1S/C23H22F2N4O2S2/c1-14-5-7-16(8-6-14)18-11-20(31-28-18)19-13-32-22(27-19)29-33(4,30)15(2)17-9-10-21(26-12-17)23(3,24)25/h5-13,15H,1-4H3. The molecule has 4 rings (SSSR count). The molecule has 0 amide bonds. The van der Waals surface area contributed by atoms with Gasteiger partial charge in [0.2, 0.25) is 5.13 Å². The number of aromatic nitrogens is 3. The molecule has 0 bridgehead atoms. The predicted octanol–water partition coefficient (Wildman–Crippen LogP) is 6.77. The van der Waals surface area contributed by atoms with Crippen molar-refractivity contribution >= 4 is 26.2 Å². The van der Waals surface area contributed by atoms with Crippen molar-refractivity contribution in [3.63, 3.8) is 0 Å². The Labute approximate surface area is 194 Å². The van der Waals surface area contributed by atoms with Crippen molar-refractivity contribution < 1.29 is 17.5 Å². The summed E-state index contributed by atoms with van der Waals surface area (Å²) in [4.78, 5) is 8.25. The molecule has 0 radical (unpaired) electrons. The van der Waals surface area contributed by atoms with E-state index in [9.17, 15) is 13.0 Å². The summed E-state index contributed by atoms with van der Waals surface area (Å²) < 4.78 is 49.9. The molecule has 0 N–H and O–H groups in total. The van der Waals surface area contributed by atoms with Crippen molar-refractivity contribution in [1.82, 2.24) is 15.1 Å². The van der Waals surface area contributed by atoms with Crippen LogP contribution in [0.2, 0.25) is 0 Å². The summed E-state index contributed by atoms with van der Waals surface area (Å²) in [5, 5.41) is 5.68. The number of hydrogen-bond donors (Lipinski definition) is 0. The van der Waals surface area contributed by atoms with E-state index in [0.717, 1.165) is 18.1 Å². The summed E-state index contributed by atoms with van der Waals surface area (Å²) in [6, 6.07) is 12.5. The van der Waals surface area contributed by atoms with E-state index < -0.39 is 20.9 Å². The van der Waals surface area contributed by atoms with Crippen molar-refractivity contribution in [1.29, 1.82) is 0 Å². The number of alkyl halides is 2. The minimum Gasteiger partial charge on any atom is -0.354 e. The van der Waals surface area contributed by atoms with Crippen LogP contribution in [0.15, 0.2) is 62.9 Å². The summed E-state index contributed by atoms with van der Waals surface area (Å²) in [6.07, 6.45) is 2.84. The fraction of sp³-hybridized carbons (Fsp3) is 0.261. The highest BCUT2D eigenvalue weighted by Crippen LogP contribution is 2.33. The fourth-order valence-electron chi connectivity index (χ4n) is 3.07. The quantitative estimate of drug-likeness (QED) is 0.299. The van der Waals surface area contributed by atoms with Crippen molar-refractivity contribution in [2.75, 3.05) is 6.26 Å². The number of benzene rings is 1. The topological polar surface area (TPSA) is 81.2 Å². The van der Waals surface area contributed by atoms with Gasteiger partial charge in [-0.25, -0.2) is 9.19 Å². The van der Waals surface area contributed by atoms with Crippen LogP contribution in [0, 0.1) is 6.92 Å². The highest BCUT2D eigenvalue weighted by atomic mass is 32.2. The SMILES string of the molecule is Cc1ccc(-c2cc(-c3csc(N=S(C)(=O)C(C)c4ccc(C(C)(F)F)nc4)n3)on2)cc1. The van der Waals surface area contributed by atoms with Gasteiger partial charge in [0.15, 0.2) is 5.76 Å². The fourth-order valence-corrected chi connectivity index (χ4v) is 5.37. The zero-order valence-electron chi connectivity index (χ0n) is 18.5. The molecule has 10 heteroatoms. The molecule has 172 valence electrons. The average molecular weight is 489 g/mol. The Morgan fingerprint density at radius 3 is 2.52 bits per heavy atom. The van der Waals surface area contributed by atoms with E-state index >= 15 is 0 Å². The third-order valence-electron chi connectivity index (χ3n) is 5.22. The third kappa shape index (κ3) is 5.17. The monoisotopic (exact) mass is 488 g/mol. The Bertz CT molecular complexity index is 1380. The normalized spacial score (nSPS) is 14.6. The summed E-state index contributed by atoms with van der Waals surface area (Å²) in [6.45, 7) is 4.53. The first-order valence-corrected chi connectivity index (χ1v) is 12.9. The second-order valence-electron chi connectivity index (χ2n) is 7.92. The number of halogens is 2. The number of nitrogens with zero attached hydrogens (tertiary/aromatic N) is 4. The summed E-state index contributed by atoms with van der Waals surface area (Å²) in [5.41, 5.74) is 3.55. The van der Waals surface area contributed by atoms with Crippen LogP contribution in [0.3, 0.4) is 0 Å². The first-order chi connectivity index (χ1) is 15.5. The lowest BCUT2D eigenvalue weighted by Crippen LogP contribution is -2.12. The number of hydrogen-bond acceptors (Lipinski definition) is 7. The van der Waals surface area contributed by atoms with Gasteiger partial charge in [0.05, 0.1) is 15.0 Å². The van der Waals surface area contributed by atoms with Crippen molar-refractivity contribution in [3.05, 3.63) is 70.9 Å². The van der Waals surface area contributed by atoms with Crippen LogP contribution in [-0.2, 0) is 15.7 Å². The van der Waals surface area contributed by atoms with Crippen LogP contribution in [0.4, 0.5) is 13.9 Å². The summed E-state index contributed by atoms with van der Waals surface area (Å²) in [7, 11) is -2.78. The lowest BCUT2D eigenvalue weighted by atomic mass is 10.1. The van der Waals surface area contributed by atoms with Gasteiger partial charge in [0.1, 0.15) is 17.1 Å². The maximum Gasteiger partial charge on any atom is 0.286 e. The van der Waals surface area contributed by atoms with Crippen molar-refractivity contribution in [2.45, 2.75) is 31.9 Å². The van der Waals surface area contributed by atoms with Crippen LogP contribution < -0.4 is 0 Å². The van der Waals surface area contributed by atoms with Crippen LogP contribution >= 0.6 is 11.3 Å². The van der Waals surface area contributed by atoms with Crippen LogP contribution in [-0.4, -0.2) is 25.6 Å². The molecule has 0 aliphatic heterocycles. The minimum atomic E-state index is -3.03. The van der Waals surface area contributed by atoms with Gasteiger partial charge in [0, 0.05) is 36.4 Å². The first kappa shape index (κ1) is 23.2. The molecular weight excluding hydrogens is 466 g/mol. The zero-order valence-corrected chi connectivity index (χ0v) is 20.1. The molecule has 0 saturated carbocycles. The van der Waals surface area contributed by atoms with Gasteiger partial charge >= 0.3 is 0 Å². The van der Waals surface area contributed by atoms with E-state index in [-0.39, 0.29) is 5.69 Å². The molecule has 4 aromatic rings. The van der Waals surface area contributed by atoms with Crippen LogP contribution in [0.25, 0.3) is 22.7 Å². The molecule has 0 spiro atoms. The minimum absolute atomic E-state index is 0.334. The van der Waals surface area contributed by atoms with E-state index in [2.05, 4.69) is 19.5 Å². The van der Waals surface area contributed by atoms with Gasteiger partial charge < -0.3 is 4.52 Å². The summed E-state index contributed by atoms with van der Waals surface area (Å²) in [5.74, 6) is -2.55. The molecule has 0 aliphatic rings. The molecule has 0 saturated heterocycles. The van der Waals surface area contributed by atoms with E-state index in [1.54, 1.807) is 18.4 Å². The molecule has 2 unspecified atom stereocenters. The first-order valence-electron chi connectivity index (χ1n) is 10.1. The Morgan fingerprint density at radius 2 is 1.88 bits per heavy atom. The molecule has 3 heterocycles. The Balaban J connectivity index is 1.56. The van der Waals surface area contributed by atoms with Gasteiger partial charge in [-0.1, -0.05) is 41.1 Å². The molecule has 0 fully saturated rings. The van der Waals surface area contributed by atoms with Crippen molar-refractivity contribution in [3.8, 4) is 22.7 Å². The van der Waals surface area contributed by atoms with Gasteiger partial charge in [-0.2, -0.15) is 13.1 Å². The zero-order chi connectivity index (χ0) is 23.8. The molecule has 3 aromatic heterocycles. The van der Waals surface area contributed by atoms with Gasteiger partial charge in [-0.3, -0.25) is 4.98 Å². The van der Waals surface area contributed by atoms with Gasteiger partial charge in [0.25, 0.3) is 5.92 Å². The number of rotatable bonds is 6. The second-order valence-corrected chi connectivity index (χ2v) is 11.4. The lowest BCUT2D eigenvalue weighted by Gasteiger charge is -2.15. The van der Waals surface area contributed by atoms with Crippen LogP contribution in [0.5, 0.6) is 0 Å². The Kier molecular flexibility index (Phi) is 6.15. The van der Waals surface area contributed by atoms with Gasteiger partial charge in [-0.15, -0.1) is 11.3 Å². The van der Waals surface area contributed by atoms with E-state index in [1.165, 1.54) is 35.9 Å². The smallest absolute Gasteiger partial charge is 0.286 e. The largest absolute Gasteiger partial charge is 0.354 e. The molecule has 6 nitrogen and oxygen atoms in total. The highest BCUT2D eigenvalue weighted by molar-refractivity contribution is 7.93. The Hall–Kier alpha value is -2.98. The van der Waals surface area contributed by atoms with Crippen molar-refractivity contribution in [2.24, 2.45) is 4.36 Å². The summed E-state index contributed by atoms with van der Waals surface area (Å²) >= 11 is 1.24. The maximum atomic E-state index is 13.4.